The summed E-state index contributed by atoms with van der Waals surface area (Å²) >= 11 is 1.51. The van der Waals surface area contributed by atoms with E-state index in [4.69, 9.17) is 0 Å². The van der Waals surface area contributed by atoms with Gasteiger partial charge in [0, 0.05) is 17.4 Å². The Morgan fingerprint density at radius 2 is 1.95 bits per heavy atom. The highest BCUT2D eigenvalue weighted by Gasteiger charge is 2.08. The Bertz CT molecular complexity index is 708. The molecule has 0 aliphatic carbocycles. The molecule has 2 heterocycles. The van der Waals surface area contributed by atoms with Crippen molar-refractivity contribution < 1.29 is 0 Å². The standard InChI is InChI=1S/C13H13N5S/c1-9-8-11(14-10-6-4-3-5-7-10)15-12-16-13(19-2)17-18(9)12/h3-8H,1-2H3,(H,14,15,16,17). The van der Waals surface area contributed by atoms with E-state index in [-0.39, 0.29) is 0 Å². The lowest BCUT2D eigenvalue weighted by atomic mass is 10.3. The van der Waals surface area contributed by atoms with Crippen molar-refractivity contribution in [1.29, 1.82) is 0 Å². The molecule has 0 aliphatic rings. The molecule has 0 saturated carbocycles. The van der Waals surface area contributed by atoms with Crippen LogP contribution in [0.4, 0.5) is 11.5 Å². The molecule has 0 bridgehead atoms. The summed E-state index contributed by atoms with van der Waals surface area (Å²) in [4.78, 5) is 8.82. The minimum atomic E-state index is 0.614. The van der Waals surface area contributed by atoms with E-state index in [0.29, 0.717) is 5.78 Å². The van der Waals surface area contributed by atoms with Crippen molar-refractivity contribution in [2.75, 3.05) is 11.6 Å². The molecule has 96 valence electrons. The molecule has 19 heavy (non-hydrogen) atoms. The minimum Gasteiger partial charge on any atom is -0.340 e. The Labute approximate surface area is 115 Å². The fraction of sp³-hybridized carbons (Fsp3) is 0.154. The smallest absolute Gasteiger partial charge is 0.255 e. The normalized spacial score (nSPS) is 10.8. The van der Waals surface area contributed by atoms with E-state index in [9.17, 15) is 0 Å². The summed E-state index contributed by atoms with van der Waals surface area (Å²) in [6.45, 7) is 1.99. The molecule has 0 unspecified atom stereocenters. The molecule has 0 amide bonds. The lowest BCUT2D eigenvalue weighted by Gasteiger charge is -2.06. The van der Waals surface area contributed by atoms with E-state index in [2.05, 4.69) is 20.4 Å². The van der Waals surface area contributed by atoms with E-state index in [1.807, 2.05) is 49.6 Å². The summed E-state index contributed by atoms with van der Waals surface area (Å²) in [5.74, 6) is 1.39. The van der Waals surface area contributed by atoms with Gasteiger partial charge in [-0.05, 0) is 25.3 Å². The molecule has 6 heteroatoms. The number of thioether (sulfide) groups is 1. The molecule has 0 spiro atoms. The topological polar surface area (TPSA) is 55.1 Å². The molecular formula is C13H13N5S. The zero-order valence-electron chi connectivity index (χ0n) is 10.7. The molecular weight excluding hydrogens is 258 g/mol. The predicted octanol–water partition coefficient (Wildman–Crippen LogP) is 2.90. The first-order chi connectivity index (χ1) is 9.26. The highest BCUT2D eigenvalue weighted by atomic mass is 32.2. The Hall–Kier alpha value is -2.08. The van der Waals surface area contributed by atoms with Gasteiger partial charge in [0.15, 0.2) is 0 Å². The average Bonchev–Trinajstić information content (AvgIpc) is 2.83. The molecule has 1 aromatic carbocycles. The SMILES string of the molecule is CSc1nc2nc(Nc3ccccc3)cc(C)n2n1. The van der Waals surface area contributed by atoms with Crippen molar-refractivity contribution in [2.24, 2.45) is 0 Å². The van der Waals surface area contributed by atoms with Gasteiger partial charge in [0.05, 0.1) is 0 Å². The van der Waals surface area contributed by atoms with Gasteiger partial charge in [0.25, 0.3) is 5.78 Å². The molecule has 2 aromatic heterocycles. The Balaban J connectivity index is 2.01. The third kappa shape index (κ3) is 2.39. The number of aryl methyl sites for hydroxylation is 1. The molecule has 3 aromatic rings. The molecule has 3 rings (SSSR count). The Kier molecular flexibility index (Phi) is 3.08. The van der Waals surface area contributed by atoms with Crippen LogP contribution in [0, 0.1) is 6.92 Å². The van der Waals surface area contributed by atoms with E-state index >= 15 is 0 Å². The molecule has 0 aliphatic heterocycles. The first-order valence-corrected chi connectivity index (χ1v) is 7.09. The van der Waals surface area contributed by atoms with Crippen LogP contribution in [-0.2, 0) is 0 Å². The third-order valence-corrected chi connectivity index (χ3v) is 3.24. The zero-order chi connectivity index (χ0) is 13.2. The fourth-order valence-corrected chi connectivity index (χ4v) is 2.15. The van der Waals surface area contributed by atoms with Crippen LogP contribution in [0.2, 0.25) is 0 Å². The number of rotatable bonds is 3. The Morgan fingerprint density at radius 3 is 2.68 bits per heavy atom. The molecule has 0 saturated heterocycles. The fourth-order valence-electron chi connectivity index (χ4n) is 1.81. The zero-order valence-corrected chi connectivity index (χ0v) is 11.5. The highest BCUT2D eigenvalue weighted by molar-refractivity contribution is 7.98. The predicted molar refractivity (Wildman–Crippen MR) is 77.0 cm³/mol. The number of hydrogen-bond donors (Lipinski definition) is 1. The molecule has 0 radical (unpaired) electrons. The maximum Gasteiger partial charge on any atom is 0.255 e. The van der Waals surface area contributed by atoms with Gasteiger partial charge in [-0.1, -0.05) is 30.0 Å². The van der Waals surface area contributed by atoms with Crippen LogP contribution in [0.5, 0.6) is 0 Å². The maximum absolute atomic E-state index is 4.46. The second-order valence-electron chi connectivity index (χ2n) is 4.08. The lowest BCUT2D eigenvalue weighted by molar-refractivity contribution is 0.850. The average molecular weight is 271 g/mol. The van der Waals surface area contributed by atoms with Crippen LogP contribution in [0.1, 0.15) is 5.69 Å². The number of anilines is 2. The van der Waals surface area contributed by atoms with Gasteiger partial charge in [-0.2, -0.15) is 9.97 Å². The summed E-state index contributed by atoms with van der Waals surface area (Å²) in [6, 6.07) is 11.9. The quantitative estimate of drug-likeness (QED) is 0.742. The largest absolute Gasteiger partial charge is 0.340 e. The first-order valence-electron chi connectivity index (χ1n) is 5.87. The van der Waals surface area contributed by atoms with Crippen LogP contribution in [0.15, 0.2) is 41.6 Å². The Morgan fingerprint density at radius 1 is 1.16 bits per heavy atom. The van der Waals surface area contributed by atoms with Gasteiger partial charge >= 0.3 is 0 Å². The van der Waals surface area contributed by atoms with Crippen molar-refractivity contribution >= 4 is 29.0 Å². The van der Waals surface area contributed by atoms with Crippen molar-refractivity contribution in [3.8, 4) is 0 Å². The van der Waals surface area contributed by atoms with Gasteiger partial charge in [0.1, 0.15) is 5.82 Å². The van der Waals surface area contributed by atoms with Crippen molar-refractivity contribution in [1.82, 2.24) is 19.6 Å². The molecule has 5 nitrogen and oxygen atoms in total. The van der Waals surface area contributed by atoms with Gasteiger partial charge in [0.2, 0.25) is 5.16 Å². The van der Waals surface area contributed by atoms with Crippen LogP contribution < -0.4 is 5.32 Å². The van der Waals surface area contributed by atoms with Crippen molar-refractivity contribution in [2.45, 2.75) is 12.1 Å². The van der Waals surface area contributed by atoms with Gasteiger partial charge in [-0.25, -0.2) is 4.52 Å². The van der Waals surface area contributed by atoms with Gasteiger partial charge in [-0.15, -0.1) is 5.10 Å². The van der Waals surface area contributed by atoms with E-state index in [1.54, 1.807) is 4.52 Å². The first kappa shape index (κ1) is 12.0. The highest BCUT2D eigenvalue weighted by Crippen LogP contribution is 2.17. The number of para-hydroxylation sites is 1. The lowest BCUT2D eigenvalue weighted by Crippen LogP contribution is -2.00. The van der Waals surface area contributed by atoms with Crippen LogP contribution >= 0.6 is 11.8 Å². The number of hydrogen-bond acceptors (Lipinski definition) is 5. The minimum absolute atomic E-state index is 0.614. The second-order valence-corrected chi connectivity index (χ2v) is 4.86. The number of aromatic nitrogens is 4. The van der Waals surface area contributed by atoms with Crippen LogP contribution in [-0.4, -0.2) is 25.8 Å². The van der Waals surface area contributed by atoms with E-state index < -0.39 is 0 Å². The van der Waals surface area contributed by atoms with Crippen LogP contribution in [0.25, 0.3) is 5.78 Å². The summed E-state index contributed by atoms with van der Waals surface area (Å²) in [7, 11) is 0. The van der Waals surface area contributed by atoms with Gasteiger partial charge in [-0.3, -0.25) is 0 Å². The molecule has 1 N–H and O–H groups in total. The van der Waals surface area contributed by atoms with Gasteiger partial charge < -0.3 is 5.32 Å². The summed E-state index contributed by atoms with van der Waals surface area (Å²) < 4.78 is 1.75. The second kappa shape index (κ2) is 4.89. The third-order valence-electron chi connectivity index (χ3n) is 2.70. The van der Waals surface area contributed by atoms with Crippen LogP contribution in [0.3, 0.4) is 0 Å². The number of fused-ring (bicyclic) bond motifs is 1. The van der Waals surface area contributed by atoms with Crippen molar-refractivity contribution in [3.63, 3.8) is 0 Å². The number of nitrogens with zero attached hydrogens (tertiary/aromatic N) is 4. The summed E-state index contributed by atoms with van der Waals surface area (Å²) in [5, 5.41) is 8.35. The van der Waals surface area contributed by atoms with E-state index in [1.165, 1.54) is 11.8 Å². The number of nitrogens with one attached hydrogen (secondary N) is 1. The number of benzene rings is 1. The summed E-state index contributed by atoms with van der Waals surface area (Å²) in [5.41, 5.74) is 2.00. The summed E-state index contributed by atoms with van der Waals surface area (Å²) in [6.07, 6.45) is 1.95. The van der Waals surface area contributed by atoms with E-state index in [0.717, 1.165) is 22.4 Å². The monoisotopic (exact) mass is 271 g/mol. The van der Waals surface area contributed by atoms with Crippen molar-refractivity contribution in [3.05, 3.63) is 42.1 Å². The maximum atomic E-state index is 4.46. The molecule has 0 atom stereocenters. The molecule has 0 fully saturated rings.